The predicted octanol–water partition coefficient (Wildman–Crippen LogP) is 5.78. The van der Waals surface area contributed by atoms with Crippen LogP contribution in [0.2, 0.25) is 15.1 Å². The van der Waals surface area contributed by atoms with Crippen LogP contribution in [0.4, 0.5) is 4.39 Å². The van der Waals surface area contributed by atoms with E-state index in [9.17, 15) is 9.18 Å². The maximum atomic E-state index is 13.0. The van der Waals surface area contributed by atoms with E-state index < -0.39 is 11.6 Å². The van der Waals surface area contributed by atoms with E-state index in [1.807, 2.05) is 0 Å². The Morgan fingerprint density at radius 1 is 1.05 bits per heavy atom. The fourth-order valence-corrected chi connectivity index (χ4v) is 3.09. The minimum absolute atomic E-state index is 0.139. The van der Waals surface area contributed by atoms with Crippen LogP contribution in [-0.2, 0) is 0 Å². The van der Waals surface area contributed by atoms with Crippen molar-refractivity contribution in [3.63, 3.8) is 0 Å². The first-order valence-corrected chi connectivity index (χ1v) is 6.97. The summed E-state index contributed by atoms with van der Waals surface area (Å²) < 4.78 is 13.3. The summed E-state index contributed by atoms with van der Waals surface area (Å²) in [5.41, 5.74) is 0.410. The first-order chi connectivity index (χ1) is 8.90. The van der Waals surface area contributed by atoms with Crippen molar-refractivity contribution in [3.8, 4) is 0 Å². The Hall–Kier alpha value is -0.610. The molecule has 0 spiro atoms. The van der Waals surface area contributed by atoms with E-state index in [2.05, 4.69) is 15.9 Å². The number of ketones is 1. The lowest BCUT2D eigenvalue weighted by Gasteiger charge is -2.08. The van der Waals surface area contributed by atoms with E-state index in [-0.39, 0.29) is 21.2 Å². The SMILES string of the molecule is O=C(c1ccc(F)cc1Br)c1c(Cl)cc(Cl)cc1Cl. The molecule has 2 aromatic carbocycles. The summed E-state index contributed by atoms with van der Waals surface area (Å²) in [5, 5.41) is 0.641. The van der Waals surface area contributed by atoms with Gasteiger partial charge in [0.2, 0.25) is 0 Å². The number of carbonyl (C=O) groups is 1. The van der Waals surface area contributed by atoms with Crippen molar-refractivity contribution in [2.75, 3.05) is 0 Å². The third-order valence-corrected chi connectivity index (χ3v) is 3.88. The number of hydrogen-bond donors (Lipinski definition) is 0. The summed E-state index contributed by atoms with van der Waals surface area (Å²) in [6.45, 7) is 0. The summed E-state index contributed by atoms with van der Waals surface area (Å²) >= 11 is 20.9. The molecule has 6 heteroatoms. The maximum Gasteiger partial charge on any atom is 0.197 e. The zero-order valence-corrected chi connectivity index (χ0v) is 13.0. The van der Waals surface area contributed by atoms with Gasteiger partial charge in [0.15, 0.2) is 5.78 Å². The van der Waals surface area contributed by atoms with Gasteiger partial charge in [-0.25, -0.2) is 4.39 Å². The Morgan fingerprint density at radius 3 is 2.16 bits per heavy atom. The van der Waals surface area contributed by atoms with Gasteiger partial charge >= 0.3 is 0 Å². The molecule has 1 nitrogen and oxygen atoms in total. The first-order valence-electron chi connectivity index (χ1n) is 5.04. The van der Waals surface area contributed by atoms with Gasteiger partial charge in [-0.1, -0.05) is 34.8 Å². The third-order valence-electron chi connectivity index (χ3n) is 2.41. The quantitative estimate of drug-likeness (QED) is 0.602. The van der Waals surface area contributed by atoms with Gasteiger partial charge in [0, 0.05) is 15.1 Å². The summed E-state index contributed by atoms with van der Waals surface area (Å²) in [7, 11) is 0. The Labute approximate surface area is 132 Å². The zero-order valence-electron chi connectivity index (χ0n) is 9.18. The van der Waals surface area contributed by atoms with Gasteiger partial charge in [-0.15, -0.1) is 0 Å². The molecule has 0 saturated heterocycles. The van der Waals surface area contributed by atoms with Crippen LogP contribution in [0.1, 0.15) is 15.9 Å². The molecule has 0 N–H and O–H groups in total. The highest BCUT2D eigenvalue weighted by atomic mass is 79.9. The molecule has 0 aromatic heterocycles. The molecule has 0 aliphatic heterocycles. The van der Waals surface area contributed by atoms with Crippen LogP contribution in [0.5, 0.6) is 0 Å². The molecule has 0 aliphatic rings. The molecule has 0 unspecified atom stereocenters. The highest BCUT2D eigenvalue weighted by Gasteiger charge is 2.20. The molecule has 0 amide bonds. The van der Waals surface area contributed by atoms with Crippen LogP contribution >= 0.6 is 50.7 Å². The van der Waals surface area contributed by atoms with Crippen molar-refractivity contribution < 1.29 is 9.18 Å². The topological polar surface area (TPSA) is 17.1 Å². The van der Waals surface area contributed by atoms with E-state index in [0.29, 0.717) is 9.50 Å². The smallest absolute Gasteiger partial charge is 0.197 e. The highest BCUT2D eigenvalue weighted by Crippen LogP contribution is 2.32. The number of benzene rings is 2. The van der Waals surface area contributed by atoms with Crippen LogP contribution in [0.15, 0.2) is 34.8 Å². The second-order valence-electron chi connectivity index (χ2n) is 3.70. The summed E-state index contributed by atoms with van der Waals surface area (Å²) in [6, 6.07) is 6.61. The Morgan fingerprint density at radius 2 is 1.63 bits per heavy atom. The van der Waals surface area contributed by atoms with Crippen molar-refractivity contribution in [1.82, 2.24) is 0 Å². The lowest BCUT2D eigenvalue weighted by Crippen LogP contribution is -2.04. The summed E-state index contributed by atoms with van der Waals surface area (Å²) in [4.78, 5) is 12.4. The molecule has 0 bridgehead atoms. The summed E-state index contributed by atoms with van der Waals surface area (Å²) in [5.74, 6) is -0.852. The van der Waals surface area contributed by atoms with Crippen molar-refractivity contribution in [3.05, 3.63) is 66.8 Å². The molecule has 0 radical (unpaired) electrons. The van der Waals surface area contributed by atoms with Gasteiger partial charge in [0.25, 0.3) is 0 Å². The minimum Gasteiger partial charge on any atom is -0.288 e. The largest absolute Gasteiger partial charge is 0.288 e. The second kappa shape index (κ2) is 5.80. The van der Waals surface area contributed by atoms with Crippen LogP contribution in [0.3, 0.4) is 0 Å². The lowest BCUT2D eigenvalue weighted by molar-refractivity contribution is 0.103. The van der Waals surface area contributed by atoms with Crippen LogP contribution in [0.25, 0.3) is 0 Å². The Kier molecular flexibility index (Phi) is 4.51. The Balaban J connectivity index is 2.56. The van der Waals surface area contributed by atoms with Gasteiger partial charge in [-0.3, -0.25) is 4.79 Å². The zero-order chi connectivity index (χ0) is 14.2. The second-order valence-corrected chi connectivity index (χ2v) is 5.80. The van der Waals surface area contributed by atoms with Gasteiger partial charge < -0.3 is 0 Å². The standard InChI is InChI=1S/C13H5BrCl3FO/c14-9-5-7(18)1-2-8(9)13(19)12-10(16)3-6(15)4-11(12)17/h1-5H. The average molecular weight is 382 g/mol. The van der Waals surface area contributed by atoms with Crippen molar-refractivity contribution >= 4 is 56.5 Å². The minimum atomic E-state index is -0.447. The predicted molar refractivity (Wildman–Crippen MR) is 79.0 cm³/mol. The normalized spacial score (nSPS) is 10.6. The van der Waals surface area contributed by atoms with Crippen molar-refractivity contribution in [2.45, 2.75) is 0 Å². The third kappa shape index (κ3) is 3.11. The van der Waals surface area contributed by atoms with E-state index in [0.717, 1.165) is 0 Å². The molecule has 19 heavy (non-hydrogen) atoms. The van der Waals surface area contributed by atoms with Crippen LogP contribution in [-0.4, -0.2) is 5.78 Å². The van der Waals surface area contributed by atoms with E-state index in [1.165, 1.54) is 30.3 Å². The molecule has 0 saturated carbocycles. The molecular weight excluding hydrogens is 377 g/mol. The molecular formula is C13H5BrCl3FO. The number of hydrogen-bond acceptors (Lipinski definition) is 1. The monoisotopic (exact) mass is 380 g/mol. The van der Waals surface area contributed by atoms with Gasteiger partial charge in [-0.05, 0) is 46.3 Å². The van der Waals surface area contributed by atoms with Crippen LogP contribution < -0.4 is 0 Å². The fraction of sp³-hybridized carbons (Fsp3) is 0. The summed E-state index contributed by atoms with van der Waals surface area (Å²) in [6.07, 6.45) is 0. The van der Waals surface area contributed by atoms with Gasteiger partial charge in [0.1, 0.15) is 5.82 Å². The fourth-order valence-electron chi connectivity index (χ4n) is 1.57. The molecule has 0 heterocycles. The number of rotatable bonds is 2. The molecule has 0 fully saturated rings. The lowest BCUT2D eigenvalue weighted by atomic mass is 10.0. The molecule has 2 aromatic rings. The highest BCUT2D eigenvalue weighted by molar-refractivity contribution is 9.10. The molecule has 0 aliphatic carbocycles. The van der Waals surface area contributed by atoms with Crippen LogP contribution in [0, 0.1) is 5.82 Å². The number of halogens is 5. The maximum absolute atomic E-state index is 13.0. The van der Waals surface area contributed by atoms with Crippen molar-refractivity contribution in [2.24, 2.45) is 0 Å². The van der Waals surface area contributed by atoms with Gasteiger partial charge in [0.05, 0.1) is 15.6 Å². The molecule has 2 rings (SSSR count). The molecule has 0 atom stereocenters. The molecule has 98 valence electrons. The first kappa shape index (κ1) is 14.8. The Bertz CT molecular complexity index is 650. The van der Waals surface area contributed by atoms with Gasteiger partial charge in [-0.2, -0.15) is 0 Å². The average Bonchev–Trinajstić information content (AvgIpc) is 2.26. The van der Waals surface area contributed by atoms with E-state index in [4.69, 9.17) is 34.8 Å². The van der Waals surface area contributed by atoms with Crippen molar-refractivity contribution in [1.29, 1.82) is 0 Å². The number of carbonyl (C=O) groups excluding carboxylic acids is 1. The van der Waals surface area contributed by atoms with E-state index in [1.54, 1.807) is 0 Å². The van der Waals surface area contributed by atoms with E-state index >= 15 is 0 Å².